The molecule has 6 heterocycles. The molecule has 0 atom stereocenters. The zero-order valence-electron chi connectivity index (χ0n) is 24.3. The number of rotatable bonds is 2. The Morgan fingerprint density at radius 1 is 0.391 bits per heavy atom. The van der Waals surface area contributed by atoms with Gasteiger partial charge in [-0.2, -0.15) is 0 Å². The van der Waals surface area contributed by atoms with Crippen LogP contribution in [0.2, 0.25) is 0 Å². The maximum Gasteiger partial charge on any atom is 0.136 e. The molecule has 0 spiro atoms. The minimum Gasteiger partial charge on any atom is -0.456 e. The van der Waals surface area contributed by atoms with Gasteiger partial charge < -0.3 is 18.0 Å². The lowest BCUT2D eigenvalue weighted by Crippen LogP contribution is -1.94. The molecule has 0 aliphatic carbocycles. The summed E-state index contributed by atoms with van der Waals surface area (Å²) in [4.78, 5) is 8.95. The zero-order valence-corrected chi connectivity index (χ0v) is 24.3. The van der Waals surface area contributed by atoms with Crippen LogP contribution < -0.4 is 0 Å². The van der Waals surface area contributed by atoms with Gasteiger partial charge in [0, 0.05) is 66.9 Å². The summed E-state index contributed by atoms with van der Waals surface area (Å²) in [5.74, 6) is 0. The van der Waals surface area contributed by atoms with Gasteiger partial charge >= 0.3 is 0 Å². The molecule has 0 fully saturated rings. The van der Waals surface area contributed by atoms with Gasteiger partial charge in [-0.05, 0) is 72.8 Å². The number of hydrogen-bond acceptors (Lipinski definition) is 4. The average molecular weight is 591 g/mol. The van der Waals surface area contributed by atoms with E-state index in [1.54, 1.807) is 0 Å². The lowest BCUT2D eigenvalue weighted by atomic mass is 10.0. The molecule has 11 aromatic rings. The molecule has 6 heteroatoms. The molecule has 0 saturated heterocycles. The third kappa shape index (κ3) is 3.05. The van der Waals surface area contributed by atoms with Crippen LogP contribution in [-0.2, 0) is 0 Å². The monoisotopic (exact) mass is 590 g/mol. The second-order valence-electron chi connectivity index (χ2n) is 11.9. The minimum atomic E-state index is 0.831. The third-order valence-electron chi connectivity index (χ3n) is 9.50. The Balaban J connectivity index is 1.22. The maximum atomic E-state index is 6.47. The number of benzene rings is 5. The van der Waals surface area contributed by atoms with Crippen LogP contribution in [0, 0.1) is 0 Å². The van der Waals surface area contributed by atoms with Crippen LogP contribution in [0.1, 0.15) is 0 Å². The Kier molecular flexibility index (Phi) is 4.49. The summed E-state index contributed by atoms with van der Waals surface area (Å²) in [5.41, 5.74) is 9.86. The van der Waals surface area contributed by atoms with Gasteiger partial charge in [0.1, 0.15) is 22.3 Å². The molecule has 214 valence electrons. The highest BCUT2D eigenvalue weighted by Crippen LogP contribution is 2.42. The van der Waals surface area contributed by atoms with Crippen molar-refractivity contribution in [2.45, 2.75) is 0 Å². The molecule has 0 aliphatic heterocycles. The molecule has 6 nitrogen and oxygen atoms in total. The van der Waals surface area contributed by atoms with E-state index in [1.165, 1.54) is 21.5 Å². The molecule has 0 N–H and O–H groups in total. The van der Waals surface area contributed by atoms with E-state index >= 15 is 0 Å². The predicted octanol–water partition coefficient (Wildman–Crippen LogP) is 10.5. The normalized spacial score (nSPS) is 12.3. The fourth-order valence-electron chi connectivity index (χ4n) is 7.58. The zero-order chi connectivity index (χ0) is 29.9. The van der Waals surface area contributed by atoms with Crippen LogP contribution in [0.15, 0.2) is 143 Å². The topological polar surface area (TPSA) is 61.9 Å². The van der Waals surface area contributed by atoms with Gasteiger partial charge in [0.25, 0.3) is 0 Å². The minimum absolute atomic E-state index is 0.831. The third-order valence-corrected chi connectivity index (χ3v) is 9.50. The molecular weight excluding hydrogens is 568 g/mol. The van der Waals surface area contributed by atoms with E-state index in [2.05, 4.69) is 116 Å². The van der Waals surface area contributed by atoms with Gasteiger partial charge in [-0.25, -0.2) is 0 Å². The highest BCUT2D eigenvalue weighted by atomic mass is 16.3. The van der Waals surface area contributed by atoms with Crippen LogP contribution in [0.3, 0.4) is 0 Å². The quantitative estimate of drug-likeness (QED) is 0.201. The molecular formula is C40H22N4O2. The molecule has 0 aliphatic rings. The lowest BCUT2D eigenvalue weighted by Gasteiger charge is -2.08. The largest absolute Gasteiger partial charge is 0.456 e. The molecule has 0 saturated carbocycles. The average Bonchev–Trinajstić information content (AvgIpc) is 3.85. The van der Waals surface area contributed by atoms with Gasteiger partial charge in [-0.15, -0.1) is 0 Å². The number of para-hydroxylation sites is 2. The Morgan fingerprint density at radius 3 is 1.33 bits per heavy atom. The van der Waals surface area contributed by atoms with Crippen LogP contribution in [0.4, 0.5) is 0 Å². The van der Waals surface area contributed by atoms with Crippen molar-refractivity contribution in [1.29, 1.82) is 0 Å². The first-order valence-corrected chi connectivity index (χ1v) is 15.3. The molecule has 0 radical (unpaired) electrons. The van der Waals surface area contributed by atoms with Gasteiger partial charge in [-0.3, -0.25) is 9.97 Å². The van der Waals surface area contributed by atoms with Crippen molar-refractivity contribution < 1.29 is 8.83 Å². The summed E-state index contributed by atoms with van der Waals surface area (Å²) < 4.78 is 17.5. The number of furan rings is 2. The molecule has 5 aromatic carbocycles. The van der Waals surface area contributed by atoms with Crippen molar-refractivity contribution in [3.63, 3.8) is 0 Å². The van der Waals surface area contributed by atoms with E-state index in [0.29, 0.717) is 0 Å². The maximum absolute atomic E-state index is 6.47. The van der Waals surface area contributed by atoms with Crippen LogP contribution in [0.25, 0.3) is 98.9 Å². The van der Waals surface area contributed by atoms with Crippen molar-refractivity contribution in [3.05, 3.63) is 134 Å². The Labute approximate surface area is 260 Å². The van der Waals surface area contributed by atoms with Crippen molar-refractivity contribution in [2.24, 2.45) is 0 Å². The summed E-state index contributed by atoms with van der Waals surface area (Å²) in [6, 6.07) is 38.1. The first kappa shape index (κ1) is 24.0. The van der Waals surface area contributed by atoms with E-state index in [0.717, 1.165) is 77.3 Å². The van der Waals surface area contributed by atoms with Crippen LogP contribution >= 0.6 is 0 Å². The number of aromatic nitrogens is 4. The fourth-order valence-corrected chi connectivity index (χ4v) is 7.58. The van der Waals surface area contributed by atoms with Gasteiger partial charge in [-0.1, -0.05) is 36.4 Å². The van der Waals surface area contributed by atoms with E-state index < -0.39 is 0 Å². The van der Waals surface area contributed by atoms with Gasteiger partial charge in [0.05, 0.1) is 34.5 Å². The van der Waals surface area contributed by atoms with E-state index in [-0.39, 0.29) is 0 Å². The van der Waals surface area contributed by atoms with E-state index in [4.69, 9.17) is 8.83 Å². The second kappa shape index (κ2) is 8.61. The standard InChI is InChI=1S/C40H22N4O2/c1-3-7-31-25(5-1)27-15-17-41-21-33(27)43(31)23-9-11-35-29(19-23)39-37(45-35)13-14-38-40(39)30-20-24(10-12-36(30)46-38)44-32-8-4-2-6-26(32)28-16-18-42-22-34(28)44/h1-22H. The summed E-state index contributed by atoms with van der Waals surface area (Å²) in [7, 11) is 0. The van der Waals surface area contributed by atoms with E-state index in [9.17, 15) is 0 Å². The van der Waals surface area contributed by atoms with E-state index in [1.807, 2.05) is 36.9 Å². The Hall–Kier alpha value is -6.40. The van der Waals surface area contributed by atoms with Crippen LogP contribution in [-0.4, -0.2) is 19.1 Å². The molecule has 0 bridgehead atoms. The van der Waals surface area contributed by atoms with Gasteiger partial charge in [0.2, 0.25) is 0 Å². The number of fused-ring (bicyclic) bond motifs is 13. The highest BCUT2D eigenvalue weighted by molar-refractivity contribution is 6.26. The van der Waals surface area contributed by atoms with Crippen molar-refractivity contribution in [1.82, 2.24) is 19.1 Å². The van der Waals surface area contributed by atoms with Crippen molar-refractivity contribution >= 4 is 87.5 Å². The van der Waals surface area contributed by atoms with Crippen molar-refractivity contribution in [3.8, 4) is 11.4 Å². The second-order valence-corrected chi connectivity index (χ2v) is 11.9. The van der Waals surface area contributed by atoms with Gasteiger partial charge in [0.15, 0.2) is 0 Å². The first-order valence-electron chi connectivity index (χ1n) is 15.3. The van der Waals surface area contributed by atoms with Crippen LogP contribution in [0.5, 0.6) is 0 Å². The molecule has 0 unspecified atom stereocenters. The number of nitrogens with zero attached hydrogens (tertiary/aromatic N) is 4. The summed E-state index contributed by atoms with van der Waals surface area (Å²) in [6.07, 6.45) is 7.61. The Morgan fingerprint density at radius 2 is 0.826 bits per heavy atom. The molecule has 0 amide bonds. The molecule has 11 rings (SSSR count). The van der Waals surface area contributed by atoms with Crippen molar-refractivity contribution in [2.75, 3.05) is 0 Å². The lowest BCUT2D eigenvalue weighted by molar-refractivity contribution is 0.663. The smallest absolute Gasteiger partial charge is 0.136 e. The molecule has 6 aromatic heterocycles. The number of pyridine rings is 2. The molecule has 46 heavy (non-hydrogen) atoms. The first-order chi connectivity index (χ1) is 22.8. The number of hydrogen-bond donors (Lipinski definition) is 0. The SMILES string of the molecule is c1ccc2c(c1)c1ccncc1n2-c1ccc2oc3ccc4oc5ccc(-n6c7ccccc7c7ccncc76)cc5c4c3c2c1. The fraction of sp³-hybridized carbons (Fsp3) is 0. The summed E-state index contributed by atoms with van der Waals surface area (Å²) >= 11 is 0. The highest BCUT2D eigenvalue weighted by Gasteiger charge is 2.20. The summed E-state index contributed by atoms with van der Waals surface area (Å²) in [6.45, 7) is 0. The Bertz CT molecular complexity index is 2730. The predicted molar refractivity (Wildman–Crippen MR) is 185 cm³/mol. The summed E-state index contributed by atoms with van der Waals surface area (Å²) in [5, 5.41) is 8.95.